The van der Waals surface area contributed by atoms with Gasteiger partial charge < -0.3 is 34.3 Å². The maximum absolute atomic E-state index is 15.1. The van der Waals surface area contributed by atoms with Gasteiger partial charge in [-0.1, -0.05) is 18.2 Å². The molecule has 0 aliphatic carbocycles. The van der Waals surface area contributed by atoms with Gasteiger partial charge in [-0.05, 0) is 67.4 Å². The SMILES string of the molecule is CCOc1nc(OCc2ccc(OC)cc2)ncc1-c1ccc(NC(=O)Nc2ccc(OC3(C)COC3)c(C(F)(F)F)c2)c(F)c1. The van der Waals surface area contributed by atoms with Crippen LogP contribution in [0.4, 0.5) is 33.7 Å². The van der Waals surface area contributed by atoms with E-state index in [1.807, 2.05) is 12.1 Å². The highest BCUT2D eigenvalue weighted by Crippen LogP contribution is 2.40. The molecule has 2 heterocycles. The Balaban J connectivity index is 1.26. The van der Waals surface area contributed by atoms with Gasteiger partial charge in [0.05, 0.1) is 43.7 Å². The van der Waals surface area contributed by atoms with Crippen molar-refractivity contribution in [3.05, 3.63) is 83.8 Å². The van der Waals surface area contributed by atoms with Crippen LogP contribution in [0.3, 0.4) is 0 Å². The molecule has 0 unspecified atom stereocenters. The van der Waals surface area contributed by atoms with Crippen LogP contribution < -0.4 is 29.6 Å². The van der Waals surface area contributed by atoms with E-state index in [1.54, 1.807) is 33.1 Å². The molecule has 1 fully saturated rings. The molecule has 2 N–H and O–H groups in total. The first kappa shape index (κ1) is 32.3. The molecular formula is C32H30F4N4O6. The Morgan fingerprint density at radius 2 is 1.78 bits per heavy atom. The van der Waals surface area contributed by atoms with Crippen molar-refractivity contribution in [2.75, 3.05) is 37.6 Å². The van der Waals surface area contributed by atoms with E-state index >= 15 is 4.39 Å². The quantitative estimate of drug-likeness (QED) is 0.167. The van der Waals surface area contributed by atoms with Crippen molar-refractivity contribution >= 4 is 17.4 Å². The number of urea groups is 1. The molecule has 0 saturated carbocycles. The lowest BCUT2D eigenvalue weighted by atomic mass is 10.0. The van der Waals surface area contributed by atoms with Crippen LogP contribution >= 0.6 is 0 Å². The Morgan fingerprint density at radius 3 is 2.41 bits per heavy atom. The summed E-state index contributed by atoms with van der Waals surface area (Å²) in [4.78, 5) is 21.1. The van der Waals surface area contributed by atoms with Crippen molar-refractivity contribution in [1.29, 1.82) is 0 Å². The smallest absolute Gasteiger partial charge is 0.420 e. The number of ether oxygens (including phenoxy) is 5. The number of alkyl halides is 3. The fourth-order valence-corrected chi connectivity index (χ4v) is 4.44. The van der Waals surface area contributed by atoms with Gasteiger partial charge in [-0.3, -0.25) is 0 Å². The van der Waals surface area contributed by atoms with E-state index in [9.17, 15) is 18.0 Å². The van der Waals surface area contributed by atoms with Crippen LogP contribution in [0.2, 0.25) is 0 Å². The molecule has 1 aromatic heterocycles. The number of hydrogen-bond donors (Lipinski definition) is 2. The van der Waals surface area contributed by atoms with Crippen LogP contribution in [0.5, 0.6) is 23.4 Å². The van der Waals surface area contributed by atoms with Crippen molar-refractivity contribution < 1.29 is 46.0 Å². The standard InChI is InChI=1S/C32H30F4N4O6/c1-4-44-28-23(15-37-30(40-28)45-16-19-5-9-22(42-3)10-6-19)20-7-11-26(25(33)13-20)39-29(41)38-21-8-12-27(24(14-21)32(34,35)36)46-31(2)17-43-18-31/h5-15H,4,16-18H2,1-3H3,(H2,38,39,41). The number of carbonyl (C=O) groups is 1. The summed E-state index contributed by atoms with van der Waals surface area (Å²) in [6, 6.07) is 13.5. The Labute approximate surface area is 261 Å². The fourth-order valence-electron chi connectivity index (χ4n) is 4.44. The zero-order chi connectivity index (χ0) is 32.9. The summed E-state index contributed by atoms with van der Waals surface area (Å²) < 4.78 is 83.5. The van der Waals surface area contributed by atoms with Gasteiger partial charge >= 0.3 is 18.2 Å². The molecule has 14 heteroatoms. The Bertz CT molecular complexity index is 1700. The summed E-state index contributed by atoms with van der Waals surface area (Å²) in [5, 5.41) is 4.61. The van der Waals surface area contributed by atoms with Gasteiger partial charge in [0.1, 0.15) is 23.9 Å². The van der Waals surface area contributed by atoms with Crippen molar-refractivity contribution in [2.24, 2.45) is 0 Å². The Kier molecular flexibility index (Phi) is 9.46. The van der Waals surface area contributed by atoms with E-state index in [4.69, 9.17) is 23.7 Å². The van der Waals surface area contributed by atoms with Gasteiger partial charge in [-0.15, -0.1) is 0 Å². The zero-order valence-electron chi connectivity index (χ0n) is 25.0. The highest BCUT2D eigenvalue weighted by molar-refractivity contribution is 6.00. The number of halogens is 4. The molecule has 4 aromatic rings. The van der Waals surface area contributed by atoms with E-state index in [0.717, 1.165) is 23.8 Å². The van der Waals surface area contributed by atoms with Gasteiger partial charge in [-0.25, -0.2) is 14.2 Å². The Morgan fingerprint density at radius 1 is 1.02 bits per heavy atom. The summed E-state index contributed by atoms with van der Waals surface area (Å²) in [5.74, 6) is -0.335. The van der Waals surface area contributed by atoms with E-state index < -0.39 is 34.9 Å². The summed E-state index contributed by atoms with van der Waals surface area (Å²) >= 11 is 0. The van der Waals surface area contributed by atoms with E-state index in [2.05, 4.69) is 20.6 Å². The van der Waals surface area contributed by atoms with Crippen molar-refractivity contribution in [3.8, 4) is 34.5 Å². The number of methoxy groups -OCH3 is 1. The molecule has 2 amide bonds. The second-order valence-corrected chi connectivity index (χ2v) is 10.5. The molecule has 0 atom stereocenters. The lowest BCUT2D eigenvalue weighted by Crippen LogP contribution is -2.51. The van der Waals surface area contributed by atoms with Crippen LogP contribution in [-0.4, -0.2) is 48.5 Å². The summed E-state index contributed by atoms with van der Waals surface area (Å²) in [5.41, 5.74) is -0.744. The molecule has 0 radical (unpaired) electrons. The fraction of sp³-hybridized carbons (Fsp3) is 0.281. The van der Waals surface area contributed by atoms with Crippen molar-refractivity contribution in [1.82, 2.24) is 9.97 Å². The minimum atomic E-state index is -4.75. The number of anilines is 2. The van der Waals surface area contributed by atoms with Gasteiger partial charge in [0.15, 0.2) is 5.60 Å². The van der Waals surface area contributed by atoms with Crippen LogP contribution in [-0.2, 0) is 17.5 Å². The largest absolute Gasteiger partial charge is 0.497 e. The van der Waals surface area contributed by atoms with E-state index in [-0.39, 0.29) is 49.7 Å². The first-order valence-electron chi connectivity index (χ1n) is 14.1. The summed E-state index contributed by atoms with van der Waals surface area (Å²) in [6.07, 6.45) is -3.32. The molecule has 1 aliphatic heterocycles. The number of nitrogens with one attached hydrogen (secondary N) is 2. The lowest BCUT2D eigenvalue weighted by molar-refractivity contribution is -0.160. The van der Waals surface area contributed by atoms with Gasteiger partial charge in [-0.2, -0.15) is 18.2 Å². The summed E-state index contributed by atoms with van der Waals surface area (Å²) in [7, 11) is 1.58. The highest BCUT2D eigenvalue weighted by atomic mass is 19.4. The van der Waals surface area contributed by atoms with Gasteiger partial charge in [0.25, 0.3) is 0 Å². The maximum atomic E-state index is 15.1. The molecule has 242 valence electrons. The van der Waals surface area contributed by atoms with Crippen LogP contribution in [0.25, 0.3) is 11.1 Å². The van der Waals surface area contributed by atoms with E-state index in [1.165, 1.54) is 24.4 Å². The number of nitrogens with zero attached hydrogens (tertiary/aromatic N) is 2. The number of rotatable bonds is 11. The molecule has 0 bridgehead atoms. The lowest BCUT2D eigenvalue weighted by Gasteiger charge is -2.38. The van der Waals surface area contributed by atoms with Crippen LogP contribution in [0.15, 0.2) is 66.9 Å². The number of amides is 2. The first-order valence-corrected chi connectivity index (χ1v) is 14.1. The first-order chi connectivity index (χ1) is 22.0. The average molecular weight is 643 g/mol. The van der Waals surface area contributed by atoms with Crippen molar-refractivity contribution in [2.45, 2.75) is 32.2 Å². The topological polar surface area (TPSA) is 113 Å². The number of carbonyl (C=O) groups excluding carboxylic acids is 1. The van der Waals surface area contributed by atoms with E-state index in [0.29, 0.717) is 16.9 Å². The third kappa shape index (κ3) is 7.75. The highest BCUT2D eigenvalue weighted by Gasteiger charge is 2.40. The number of hydrogen-bond acceptors (Lipinski definition) is 8. The maximum Gasteiger partial charge on any atom is 0.420 e. The molecule has 1 saturated heterocycles. The second-order valence-electron chi connectivity index (χ2n) is 10.5. The monoisotopic (exact) mass is 642 g/mol. The predicted octanol–water partition coefficient (Wildman–Crippen LogP) is 7.10. The molecule has 10 nitrogen and oxygen atoms in total. The average Bonchev–Trinajstić information content (AvgIpc) is 3.01. The third-order valence-electron chi connectivity index (χ3n) is 6.78. The molecular weight excluding hydrogens is 612 g/mol. The van der Waals surface area contributed by atoms with Crippen LogP contribution in [0, 0.1) is 5.82 Å². The molecule has 3 aromatic carbocycles. The molecule has 46 heavy (non-hydrogen) atoms. The number of aromatic nitrogens is 2. The molecule has 1 aliphatic rings. The number of benzene rings is 3. The molecule has 5 rings (SSSR count). The molecule has 0 spiro atoms. The minimum Gasteiger partial charge on any atom is -0.497 e. The normalized spacial score (nSPS) is 13.7. The second kappa shape index (κ2) is 13.5. The Hall–Kier alpha value is -5.11. The third-order valence-corrected chi connectivity index (χ3v) is 6.78. The summed E-state index contributed by atoms with van der Waals surface area (Å²) in [6.45, 7) is 4.16. The van der Waals surface area contributed by atoms with Gasteiger partial charge in [0.2, 0.25) is 5.88 Å². The van der Waals surface area contributed by atoms with Crippen molar-refractivity contribution in [3.63, 3.8) is 0 Å². The predicted molar refractivity (Wildman–Crippen MR) is 160 cm³/mol. The van der Waals surface area contributed by atoms with Gasteiger partial charge in [0, 0.05) is 11.9 Å². The zero-order valence-corrected chi connectivity index (χ0v) is 25.0. The van der Waals surface area contributed by atoms with Crippen LogP contribution in [0.1, 0.15) is 25.0 Å². The minimum absolute atomic E-state index is 0.0537.